The summed E-state index contributed by atoms with van der Waals surface area (Å²) in [4.78, 5) is 58.6. The van der Waals surface area contributed by atoms with Crippen LogP contribution in [0, 0.1) is 0 Å². The molecular formula is C29H29N5O7. The molecule has 0 saturated carbocycles. The van der Waals surface area contributed by atoms with Crippen LogP contribution in [0.1, 0.15) is 34.6 Å². The molecule has 3 aromatic carbocycles. The topological polar surface area (TPSA) is 189 Å². The van der Waals surface area contributed by atoms with Crippen LogP contribution in [0.15, 0.2) is 72.8 Å². The van der Waals surface area contributed by atoms with Crippen molar-refractivity contribution in [2.45, 2.75) is 31.3 Å². The van der Waals surface area contributed by atoms with E-state index in [4.69, 9.17) is 15.6 Å². The van der Waals surface area contributed by atoms with Crippen molar-refractivity contribution in [3.63, 3.8) is 0 Å². The van der Waals surface area contributed by atoms with Crippen molar-refractivity contribution in [3.05, 3.63) is 95.1 Å². The van der Waals surface area contributed by atoms with Crippen molar-refractivity contribution < 1.29 is 33.8 Å². The third-order valence-electron chi connectivity index (χ3n) is 6.49. The van der Waals surface area contributed by atoms with Gasteiger partial charge in [-0.2, -0.15) is 0 Å². The van der Waals surface area contributed by atoms with E-state index >= 15 is 0 Å². The number of nitrogens with two attached hydrogens (primary N) is 1. The molecule has 1 unspecified atom stereocenters. The van der Waals surface area contributed by atoms with Gasteiger partial charge in [-0.25, -0.2) is 9.59 Å². The van der Waals surface area contributed by atoms with Crippen molar-refractivity contribution in [2.75, 3.05) is 6.61 Å². The first-order valence-corrected chi connectivity index (χ1v) is 12.7. The predicted molar refractivity (Wildman–Crippen MR) is 147 cm³/mol. The number of primary amides is 1. The molecule has 0 spiro atoms. The zero-order valence-corrected chi connectivity index (χ0v) is 21.9. The average Bonchev–Trinajstić information content (AvgIpc) is 3.26. The van der Waals surface area contributed by atoms with Gasteiger partial charge < -0.3 is 26.2 Å². The van der Waals surface area contributed by atoms with E-state index in [9.17, 15) is 24.0 Å². The van der Waals surface area contributed by atoms with E-state index < -0.39 is 42.4 Å². The molecule has 0 heterocycles. The maximum Gasteiger partial charge on any atom is 0.407 e. The summed E-state index contributed by atoms with van der Waals surface area (Å²) in [7, 11) is 0. The Kier molecular flexibility index (Phi) is 9.15. The maximum absolute atomic E-state index is 12.5. The van der Waals surface area contributed by atoms with E-state index in [2.05, 4.69) is 28.2 Å². The average molecular weight is 560 g/mol. The number of hydrogen-bond donors (Lipinski definition) is 6. The first-order chi connectivity index (χ1) is 19.7. The van der Waals surface area contributed by atoms with Crippen LogP contribution in [0.25, 0.3) is 11.1 Å². The first-order valence-electron chi connectivity index (χ1n) is 12.7. The number of benzene rings is 3. The van der Waals surface area contributed by atoms with Crippen LogP contribution in [-0.2, 0) is 32.1 Å². The normalized spacial score (nSPS) is 12.3. The van der Waals surface area contributed by atoms with Gasteiger partial charge in [-0.1, -0.05) is 72.8 Å². The van der Waals surface area contributed by atoms with Crippen molar-refractivity contribution in [3.8, 4) is 11.1 Å². The minimum absolute atomic E-state index is 0.0530. The molecule has 0 radical (unpaired) electrons. The number of carboxylic acid groups (broad SMARTS) is 1. The summed E-state index contributed by atoms with van der Waals surface area (Å²) in [5.41, 5.74) is 14.8. The molecule has 1 aliphatic carbocycles. The molecule has 4 rings (SSSR count). The van der Waals surface area contributed by atoms with Gasteiger partial charge >= 0.3 is 12.2 Å². The second kappa shape index (κ2) is 13.1. The Morgan fingerprint density at radius 1 is 0.854 bits per heavy atom. The number of fused-ring (bicyclic) bond motifs is 3. The number of rotatable bonds is 10. The molecule has 5 amide bonds. The van der Waals surface area contributed by atoms with E-state index in [1.54, 1.807) is 24.3 Å². The highest BCUT2D eigenvalue weighted by Gasteiger charge is 2.29. The first kappa shape index (κ1) is 28.6. The zero-order valence-electron chi connectivity index (χ0n) is 21.9. The van der Waals surface area contributed by atoms with Gasteiger partial charge in [0.2, 0.25) is 11.8 Å². The Balaban J connectivity index is 1.31. The van der Waals surface area contributed by atoms with Gasteiger partial charge in [0, 0.05) is 18.9 Å². The van der Waals surface area contributed by atoms with Crippen LogP contribution >= 0.6 is 0 Å². The second-order valence-electron chi connectivity index (χ2n) is 9.39. The summed E-state index contributed by atoms with van der Waals surface area (Å²) in [6.07, 6.45) is -2.73. The molecule has 0 fully saturated rings. The number of amides is 5. The van der Waals surface area contributed by atoms with Gasteiger partial charge in [0.15, 0.2) is 0 Å². The number of hydrogen-bond acceptors (Lipinski definition) is 6. The fraction of sp³-hybridized carbons (Fsp3) is 0.207. The molecule has 12 nitrogen and oxygen atoms in total. The fourth-order valence-corrected chi connectivity index (χ4v) is 4.71. The standard InChI is InChI=1S/C29H29N5O7/c30-25(35)14-26(36)33-34-27(37)24(32-28(38)39)13-17-6-5-7-18(12-17)15-31-29(40)41-16-23-21-10-3-1-8-19(21)20-9-2-4-11-22(20)23/h1-12,23-24,32H,13-16H2,(H2,30,35)(H,31,40)(H,33,36)(H,34,37)(H,38,39). The molecule has 0 aromatic heterocycles. The van der Waals surface area contributed by atoms with E-state index in [-0.39, 0.29) is 25.5 Å². The Morgan fingerprint density at radius 3 is 2.12 bits per heavy atom. The van der Waals surface area contributed by atoms with Crippen LogP contribution in [0.3, 0.4) is 0 Å². The number of carbonyl (C=O) groups excluding carboxylic acids is 4. The van der Waals surface area contributed by atoms with Crippen LogP contribution in [-0.4, -0.2) is 47.7 Å². The summed E-state index contributed by atoms with van der Waals surface area (Å²) < 4.78 is 5.56. The Hall–Kier alpha value is -5.39. The quantitative estimate of drug-likeness (QED) is 0.162. The number of nitrogens with one attached hydrogen (secondary N) is 4. The van der Waals surface area contributed by atoms with Crippen molar-refractivity contribution >= 4 is 29.9 Å². The highest BCUT2D eigenvalue weighted by Crippen LogP contribution is 2.44. The van der Waals surface area contributed by atoms with E-state index in [0.717, 1.165) is 22.3 Å². The Morgan fingerprint density at radius 2 is 1.49 bits per heavy atom. The lowest BCUT2D eigenvalue weighted by Crippen LogP contribution is -2.53. The molecule has 0 bridgehead atoms. The third kappa shape index (κ3) is 7.60. The molecule has 12 heteroatoms. The van der Waals surface area contributed by atoms with Gasteiger partial charge in [-0.3, -0.25) is 25.2 Å². The second-order valence-corrected chi connectivity index (χ2v) is 9.39. The van der Waals surface area contributed by atoms with Gasteiger partial charge in [0.1, 0.15) is 19.1 Å². The van der Waals surface area contributed by atoms with Crippen LogP contribution in [0.4, 0.5) is 9.59 Å². The highest BCUT2D eigenvalue weighted by atomic mass is 16.5. The van der Waals surface area contributed by atoms with E-state index in [1.165, 1.54) is 0 Å². The molecular weight excluding hydrogens is 530 g/mol. The fourth-order valence-electron chi connectivity index (χ4n) is 4.71. The van der Waals surface area contributed by atoms with Gasteiger partial charge in [-0.05, 0) is 33.4 Å². The molecule has 212 valence electrons. The number of ether oxygens (including phenoxy) is 1. The minimum Gasteiger partial charge on any atom is -0.465 e. The van der Waals surface area contributed by atoms with Crippen molar-refractivity contribution in [1.29, 1.82) is 0 Å². The Labute approximate surface area is 235 Å². The SMILES string of the molecule is NC(=O)CC(=O)NNC(=O)C(Cc1cccc(CNC(=O)OCC2c3ccccc3-c3ccccc32)c1)NC(=O)O. The smallest absolute Gasteiger partial charge is 0.407 e. The van der Waals surface area contributed by atoms with Crippen molar-refractivity contribution in [2.24, 2.45) is 5.73 Å². The van der Waals surface area contributed by atoms with Gasteiger partial charge in [0.05, 0.1) is 0 Å². The van der Waals surface area contributed by atoms with Crippen LogP contribution < -0.4 is 27.2 Å². The Bertz CT molecular complexity index is 1430. The predicted octanol–water partition coefficient (Wildman–Crippen LogP) is 1.93. The molecule has 0 aliphatic heterocycles. The molecule has 7 N–H and O–H groups in total. The lowest BCUT2D eigenvalue weighted by atomic mass is 9.98. The lowest BCUT2D eigenvalue weighted by Gasteiger charge is -2.18. The monoisotopic (exact) mass is 559 g/mol. The van der Waals surface area contributed by atoms with E-state index in [0.29, 0.717) is 11.1 Å². The number of alkyl carbamates (subject to hydrolysis) is 1. The van der Waals surface area contributed by atoms with Gasteiger partial charge in [-0.15, -0.1) is 0 Å². The van der Waals surface area contributed by atoms with E-state index in [1.807, 2.05) is 41.8 Å². The molecule has 1 aliphatic rings. The number of carbonyl (C=O) groups is 5. The lowest BCUT2D eigenvalue weighted by molar-refractivity contribution is -0.132. The molecule has 0 saturated heterocycles. The van der Waals surface area contributed by atoms with Crippen LogP contribution in [0.2, 0.25) is 0 Å². The third-order valence-corrected chi connectivity index (χ3v) is 6.49. The van der Waals surface area contributed by atoms with Crippen molar-refractivity contribution in [1.82, 2.24) is 21.5 Å². The summed E-state index contributed by atoms with van der Waals surface area (Å²) in [6, 6.07) is 21.7. The molecule has 41 heavy (non-hydrogen) atoms. The summed E-state index contributed by atoms with van der Waals surface area (Å²) >= 11 is 0. The largest absolute Gasteiger partial charge is 0.465 e. The molecule has 1 atom stereocenters. The minimum atomic E-state index is -1.44. The van der Waals surface area contributed by atoms with Crippen LogP contribution in [0.5, 0.6) is 0 Å². The summed E-state index contributed by atoms with van der Waals surface area (Å²) in [6.45, 7) is 0.310. The van der Waals surface area contributed by atoms with Gasteiger partial charge in [0.25, 0.3) is 5.91 Å². The summed E-state index contributed by atoms with van der Waals surface area (Å²) in [5.74, 6) is -2.64. The zero-order chi connectivity index (χ0) is 29.4. The summed E-state index contributed by atoms with van der Waals surface area (Å²) in [5, 5.41) is 14.0. The maximum atomic E-state index is 12.5. The highest BCUT2D eigenvalue weighted by molar-refractivity contribution is 5.97. The molecule has 3 aromatic rings. The number of hydrazine groups is 1.